The molecule has 0 bridgehead atoms. The van der Waals surface area contributed by atoms with E-state index in [9.17, 15) is 19.8 Å². The van der Waals surface area contributed by atoms with Crippen molar-refractivity contribution in [3.63, 3.8) is 0 Å². The molecule has 0 spiro atoms. The van der Waals surface area contributed by atoms with E-state index < -0.39 is 18.2 Å². The first-order valence-corrected chi connectivity index (χ1v) is 9.69. The predicted octanol–water partition coefficient (Wildman–Crippen LogP) is 3.58. The molecule has 0 unspecified atom stereocenters. The summed E-state index contributed by atoms with van der Waals surface area (Å²) < 4.78 is 0. The number of aliphatic hydroxyl groups is 2. The van der Waals surface area contributed by atoms with Crippen LogP contribution in [0.3, 0.4) is 0 Å². The van der Waals surface area contributed by atoms with Gasteiger partial charge in [0, 0.05) is 24.7 Å². The maximum atomic E-state index is 12.1. The van der Waals surface area contributed by atoms with Crippen molar-refractivity contribution < 1.29 is 24.9 Å². The number of aliphatic carboxylic acids is 1. The molecule has 1 saturated carbocycles. The van der Waals surface area contributed by atoms with E-state index in [1.165, 1.54) is 0 Å². The molecule has 1 aliphatic carbocycles. The summed E-state index contributed by atoms with van der Waals surface area (Å²) >= 11 is 0. The van der Waals surface area contributed by atoms with Gasteiger partial charge in [-0.1, -0.05) is 55.5 Å². The molecule has 0 aliphatic heterocycles. The Morgan fingerprint density at radius 2 is 1.93 bits per heavy atom. The van der Waals surface area contributed by atoms with Gasteiger partial charge in [-0.25, -0.2) is 0 Å². The van der Waals surface area contributed by atoms with Gasteiger partial charge < -0.3 is 15.3 Å². The van der Waals surface area contributed by atoms with Crippen LogP contribution < -0.4 is 0 Å². The molecule has 0 heterocycles. The quantitative estimate of drug-likeness (QED) is 0.453. The van der Waals surface area contributed by atoms with Gasteiger partial charge in [-0.15, -0.1) is 0 Å². The highest BCUT2D eigenvalue weighted by atomic mass is 16.4. The average Bonchev–Trinajstić information content (AvgIpc) is 2.88. The van der Waals surface area contributed by atoms with Gasteiger partial charge in [0.25, 0.3) is 0 Å². The van der Waals surface area contributed by atoms with E-state index in [0.29, 0.717) is 19.3 Å². The standard InChI is InChI=1S/C22H32O5/c1-2-3-4-5-6-9-12-18-19(21(25)16-20(18)24)15-14-17(23)11-8-7-10-13-22(26)27/h3-4,6-9,14-15,17-20,23-24H,2,5,10-13,16H2,1H3,(H,26,27)/b4-3-,8-7-,9-6-,15-14+/t17-,18+,19-,20-/m1/s1. The Morgan fingerprint density at radius 3 is 2.63 bits per heavy atom. The molecular weight excluding hydrogens is 344 g/mol. The molecule has 0 radical (unpaired) electrons. The van der Waals surface area contributed by atoms with Gasteiger partial charge in [0.15, 0.2) is 0 Å². The minimum atomic E-state index is -0.847. The van der Waals surface area contributed by atoms with Crippen molar-refractivity contribution in [2.75, 3.05) is 0 Å². The number of aliphatic hydroxyl groups excluding tert-OH is 2. The largest absolute Gasteiger partial charge is 0.481 e. The molecule has 5 nitrogen and oxygen atoms in total. The second kappa shape index (κ2) is 13.2. The lowest BCUT2D eigenvalue weighted by atomic mass is 9.90. The zero-order valence-electron chi connectivity index (χ0n) is 16.0. The molecule has 5 heteroatoms. The first-order valence-electron chi connectivity index (χ1n) is 9.69. The van der Waals surface area contributed by atoms with Crippen molar-refractivity contribution in [1.29, 1.82) is 0 Å². The minimum Gasteiger partial charge on any atom is -0.481 e. The summed E-state index contributed by atoms with van der Waals surface area (Å²) in [5.41, 5.74) is 0. The third-order valence-electron chi connectivity index (χ3n) is 4.60. The second-order valence-corrected chi connectivity index (χ2v) is 6.84. The number of allylic oxidation sites excluding steroid dienone is 6. The Kier molecular flexibility index (Phi) is 11.3. The smallest absolute Gasteiger partial charge is 0.303 e. The fourth-order valence-corrected chi connectivity index (χ4v) is 3.10. The van der Waals surface area contributed by atoms with Crippen LogP contribution in [-0.4, -0.2) is 39.3 Å². The highest BCUT2D eigenvalue weighted by molar-refractivity contribution is 5.86. The van der Waals surface area contributed by atoms with Gasteiger partial charge in [-0.05, 0) is 32.1 Å². The lowest BCUT2D eigenvalue weighted by molar-refractivity contribution is -0.136. The first-order chi connectivity index (χ1) is 13.0. The van der Waals surface area contributed by atoms with Gasteiger partial charge in [0.05, 0.1) is 12.2 Å². The molecule has 1 fully saturated rings. The molecule has 27 heavy (non-hydrogen) atoms. The number of hydrogen-bond acceptors (Lipinski definition) is 4. The van der Waals surface area contributed by atoms with Gasteiger partial charge in [0.1, 0.15) is 5.78 Å². The fraction of sp³-hybridized carbons (Fsp3) is 0.545. The topological polar surface area (TPSA) is 94.8 Å². The lowest BCUT2D eigenvalue weighted by Gasteiger charge is -2.16. The van der Waals surface area contributed by atoms with E-state index in [0.717, 1.165) is 12.8 Å². The average molecular weight is 376 g/mol. The van der Waals surface area contributed by atoms with Crippen LogP contribution in [-0.2, 0) is 9.59 Å². The number of carbonyl (C=O) groups excluding carboxylic acids is 1. The summed E-state index contributed by atoms with van der Waals surface area (Å²) in [5, 5.41) is 28.7. The zero-order chi connectivity index (χ0) is 20.1. The molecule has 4 atom stereocenters. The third-order valence-corrected chi connectivity index (χ3v) is 4.60. The molecule has 0 aromatic rings. The maximum Gasteiger partial charge on any atom is 0.303 e. The molecule has 1 aliphatic rings. The Bertz CT molecular complexity index is 573. The zero-order valence-corrected chi connectivity index (χ0v) is 16.0. The van der Waals surface area contributed by atoms with Crippen molar-refractivity contribution in [2.24, 2.45) is 11.8 Å². The summed E-state index contributed by atoms with van der Waals surface area (Å²) in [6, 6.07) is 0. The predicted molar refractivity (Wildman–Crippen MR) is 106 cm³/mol. The highest BCUT2D eigenvalue weighted by Crippen LogP contribution is 2.33. The van der Waals surface area contributed by atoms with E-state index in [1.54, 1.807) is 24.3 Å². The number of carboxylic acids is 1. The molecule has 0 aromatic heterocycles. The Labute approximate surface area is 161 Å². The molecule has 150 valence electrons. The Balaban J connectivity index is 2.50. The van der Waals surface area contributed by atoms with Crippen LogP contribution in [0.1, 0.15) is 51.9 Å². The third kappa shape index (κ3) is 9.50. The van der Waals surface area contributed by atoms with E-state index in [2.05, 4.69) is 19.1 Å². The maximum absolute atomic E-state index is 12.1. The highest BCUT2D eigenvalue weighted by Gasteiger charge is 2.39. The van der Waals surface area contributed by atoms with Crippen molar-refractivity contribution in [2.45, 2.75) is 64.1 Å². The van der Waals surface area contributed by atoms with E-state index >= 15 is 0 Å². The molecular formula is C22H32O5. The van der Waals surface area contributed by atoms with E-state index in [1.807, 2.05) is 12.2 Å². The van der Waals surface area contributed by atoms with Crippen LogP contribution in [0.25, 0.3) is 0 Å². The van der Waals surface area contributed by atoms with Crippen LogP contribution in [0, 0.1) is 11.8 Å². The van der Waals surface area contributed by atoms with Crippen molar-refractivity contribution in [1.82, 2.24) is 0 Å². The summed E-state index contributed by atoms with van der Waals surface area (Å²) in [4.78, 5) is 22.6. The van der Waals surface area contributed by atoms with Crippen LogP contribution in [0.5, 0.6) is 0 Å². The van der Waals surface area contributed by atoms with Crippen molar-refractivity contribution >= 4 is 11.8 Å². The molecule has 0 amide bonds. The first kappa shape index (κ1) is 23.1. The van der Waals surface area contributed by atoms with Crippen molar-refractivity contribution in [3.8, 4) is 0 Å². The summed E-state index contributed by atoms with van der Waals surface area (Å²) in [6.07, 6.45) is 17.2. The van der Waals surface area contributed by atoms with Crippen LogP contribution in [0.15, 0.2) is 48.6 Å². The van der Waals surface area contributed by atoms with Crippen molar-refractivity contribution in [3.05, 3.63) is 48.6 Å². The Hall–Kier alpha value is -1.98. The molecule has 0 aromatic carbocycles. The minimum absolute atomic E-state index is 0.00669. The number of Topliss-reactive ketones (excluding diaryl/α,β-unsaturated/α-hetero) is 1. The number of hydrogen-bond donors (Lipinski definition) is 3. The monoisotopic (exact) mass is 376 g/mol. The van der Waals surface area contributed by atoms with E-state index in [-0.39, 0.29) is 30.5 Å². The van der Waals surface area contributed by atoms with Gasteiger partial charge in [-0.2, -0.15) is 0 Å². The molecule has 0 saturated heterocycles. The normalized spacial score (nSPS) is 24.9. The number of carboxylic acid groups (broad SMARTS) is 1. The summed E-state index contributed by atoms with van der Waals surface area (Å²) in [5.74, 6) is -1.37. The lowest BCUT2D eigenvalue weighted by Crippen LogP contribution is -2.19. The van der Waals surface area contributed by atoms with Gasteiger partial charge in [-0.3, -0.25) is 9.59 Å². The fourth-order valence-electron chi connectivity index (χ4n) is 3.10. The van der Waals surface area contributed by atoms with Gasteiger partial charge in [0.2, 0.25) is 0 Å². The SMILES string of the molecule is CC/C=C\C/C=C\C[C@@H]1[C@H](O)CC(=O)[C@@H]1/C=C/[C@H](O)C/C=C\CCC(=O)O. The van der Waals surface area contributed by atoms with E-state index in [4.69, 9.17) is 5.11 Å². The number of rotatable bonds is 12. The van der Waals surface area contributed by atoms with Gasteiger partial charge >= 0.3 is 5.97 Å². The van der Waals surface area contributed by atoms with Crippen LogP contribution in [0.4, 0.5) is 0 Å². The molecule has 1 rings (SSSR count). The second-order valence-electron chi connectivity index (χ2n) is 6.84. The summed E-state index contributed by atoms with van der Waals surface area (Å²) in [7, 11) is 0. The van der Waals surface area contributed by atoms with Crippen LogP contribution in [0.2, 0.25) is 0 Å². The summed E-state index contributed by atoms with van der Waals surface area (Å²) in [6.45, 7) is 2.08. The number of ketones is 1. The van der Waals surface area contributed by atoms with Crippen LogP contribution >= 0.6 is 0 Å². The number of carbonyl (C=O) groups is 2. The Morgan fingerprint density at radius 1 is 1.19 bits per heavy atom. The molecule has 3 N–H and O–H groups in total.